The Hall–Kier alpha value is -0.880. The number of allylic oxidation sites excluding steroid dienone is 2. The number of ether oxygens (including phenoxy) is 1. The molecule has 14 heavy (non-hydrogen) atoms. The maximum atomic E-state index is 5.07. The summed E-state index contributed by atoms with van der Waals surface area (Å²) in [4.78, 5) is 4.33. The molecule has 2 nitrogen and oxygen atoms in total. The lowest BCUT2D eigenvalue weighted by Crippen LogP contribution is -2.06. The third-order valence-corrected chi connectivity index (χ3v) is 2.98. The van der Waals surface area contributed by atoms with Crippen LogP contribution in [-0.2, 0) is 0 Å². The van der Waals surface area contributed by atoms with Gasteiger partial charge < -0.3 is 4.74 Å². The zero-order chi connectivity index (χ0) is 10.1. The van der Waals surface area contributed by atoms with Crippen LogP contribution in [0.4, 0.5) is 0 Å². The van der Waals surface area contributed by atoms with Crippen LogP contribution in [0.3, 0.4) is 0 Å². The second-order valence-corrected chi connectivity index (χ2v) is 4.06. The molecule has 0 aromatic carbocycles. The van der Waals surface area contributed by atoms with Crippen molar-refractivity contribution in [1.82, 2.24) is 4.98 Å². The monoisotopic (exact) mass is 207 g/mol. The van der Waals surface area contributed by atoms with Gasteiger partial charge >= 0.3 is 0 Å². The van der Waals surface area contributed by atoms with E-state index in [0.29, 0.717) is 5.88 Å². The predicted molar refractivity (Wildman–Crippen MR) is 62.0 cm³/mol. The molecule has 2 rings (SSSR count). The number of hydrogen-bond donors (Lipinski definition) is 0. The molecule has 1 saturated carbocycles. The van der Waals surface area contributed by atoms with Crippen molar-refractivity contribution in [3.63, 3.8) is 0 Å². The van der Waals surface area contributed by atoms with E-state index in [-0.39, 0.29) is 0 Å². The molecular weight excluding hydrogens is 193 g/mol. The van der Waals surface area contributed by atoms with Crippen LogP contribution in [0.25, 0.3) is 5.57 Å². The van der Waals surface area contributed by atoms with Crippen LogP contribution in [-0.4, -0.2) is 12.1 Å². The number of pyridine rings is 1. The lowest BCUT2D eigenvalue weighted by atomic mass is 10.1. The van der Waals surface area contributed by atoms with Crippen LogP contribution >= 0.6 is 9.24 Å². The Morgan fingerprint density at radius 2 is 2.14 bits per heavy atom. The van der Waals surface area contributed by atoms with Crippen molar-refractivity contribution in [3.05, 3.63) is 23.3 Å². The quantitative estimate of drug-likeness (QED) is 0.693. The van der Waals surface area contributed by atoms with Crippen molar-refractivity contribution in [3.8, 4) is 5.88 Å². The Bertz CT molecular complexity index is 392. The number of rotatable bonds is 2. The average molecular weight is 207 g/mol. The highest BCUT2D eigenvalue weighted by atomic mass is 31.0. The smallest absolute Gasteiger partial charge is 0.213 e. The minimum Gasteiger partial charge on any atom is -0.481 e. The summed E-state index contributed by atoms with van der Waals surface area (Å²) in [6, 6.07) is 3.99. The van der Waals surface area contributed by atoms with Gasteiger partial charge in [0.2, 0.25) is 5.88 Å². The summed E-state index contributed by atoms with van der Waals surface area (Å²) in [5.41, 5.74) is 5.13. The number of aromatic nitrogens is 1. The molecule has 0 N–H and O–H groups in total. The normalized spacial score (nSPS) is 14.1. The van der Waals surface area contributed by atoms with Crippen LogP contribution in [0.15, 0.2) is 17.7 Å². The second kappa shape index (κ2) is 3.70. The highest BCUT2D eigenvalue weighted by Crippen LogP contribution is 2.35. The first-order valence-corrected chi connectivity index (χ1v) is 5.29. The molecule has 1 fully saturated rings. The number of methoxy groups -OCH3 is 1. The fourth-order valence-corrected chi connectivity index (χ4v) is 1.95. The Morgan fingerprint density at radius 3 is 2.64 bits per heavy atom. The van der Waals surface area contributed by atoms with E-state index >= 15 is 0 Å². The number of hydrogen-bond acceptors (Lipinski definition) is 2. The Labute approximate surface area is 86.6 Å². The third kappa shape index (κ3) is 1.80. The Kier molecular flexibility index (Phi) is 2.56. The van der Waals surface area contributed by atoms with E-state index in [0.717, 1.165) is 5.44 Å². The highest BCUT2D eigenvalue weighted by Gasteiger charge is 2.17. The van der Waals surface area contributed by atoms with Gasteiger partial charge in [0, 0.05) is 11.6 Å². The van der Waals surface area contributed by atoms with E-state index in [4.69, 9.17) is 4.74 Å². The molecular formula is C11H14NOP. The zero-order valence-corrected chi connectivity index (χ0v) is 9.66. The first-order valence-electron chi connectivity index (χ1n) is 4.72. The molecule has 0 aliphatic heterocycles. The van der Waals surface area contributed by atoms with Gasteiger partial charge in [-0.2, -0.15) is 0 Å². The molecule has 1 aliphatic rings. The van der Waals surface area contributed by atoms with Crippen molar-refractivity contribution in [2.75, 3.05) is 7.11 Å². The van der Waals surface area contributed by atoms with Gasteiger partial charge in [0.25, 0.3) is 0 Å². The SMILES string of the molecule is COc1ccc(C(C)=C2CC2)c(P)n1. The van der Waals surface area contributed by atoms with Crippen molar-refractivity contribution < 1.29 is 4.74 Å². The van der Waals surface area contributed by atoms with Crippen molar-refractivity contribution in [1.29, 1.82) is 0 Å². The fraction of sp³-hybridized carbons (Fsp3) is 0.364. The molecule has 0 spiro atoms. The largest absolute Gasteiger partial charge is 0.481 e. The van der Waals surface area contributed by atoms with E-state index in [1.165, 1.54) is 24.0 Å². The summed E-state index contributed by atoms with van der Waals surface area (Å²) in [5, 5.41) is 0. The molecule has 0 bridgehead atoms. The topological polar surface area (TPSA) is 22.1 Å². The first-order chi connectivity index (χ1) is 6.72. The average Bonchev–Trinajstić information content (AvgIpc) is 3.00. The first kappa shape index (κ1) is 9.67. The van der Waals surface area contributed by atoms with Crippen molar-refractivity contribution >= 4 is 20.2 Å². The third-order valence-electron chi connectivity index (χ3n) is 2.54. The zero-order valence-electron chi connectivity index (χ0n) is 8.50. The maximum absolute atomic E-state index is 5.07. The van der Waals surface area contributed by atoms with Gasteiger partial charge in [-0.05, 0) is 31.4 Å². The van der Waals surface area contributed by atoms with E-state index in [9.17, 15) is 0 Å². The predicted octanol–water partition coefficient (Wildman–Crippen LogP) is 2.16. The highest BCUT2D eigenvalue weighted by molar-refractivity contribution is 7.27. The summed E-state index contributed by atoms with van der Waals surface area (Å²) in [6.07, 6.45) is 2.50. The fourth-order valence-electron chi connectivity index (χ4n) is 1.51. The van der Waals surface area contributed by atoms with E-state index in [2.05, 4.69) is 27.2 Å². The summed E-state index contributed by atoms with van der Waals surface area (Å²) in [7, 11) is 4.30. The van der Waals surface area contributed by atoms with Gasteiger partial charge in [0.05, 0.1) is 12.5 Å². The molecule has 0 amide bonds. The molecule has 74 valence electrons. The van der Waals surface area contributed by atoms with Gasteiger partial charge in [-0.3, -0.25) is 0 Å². The van der Waals surface area contributed by atoms with Gasteiger partial charge in [-0.25, -0.2) is 4.98 Å². The summed E-state index contributed by atoms with van der Waals surface area (Å²) in [5.74, 6) is 0.673. The molecule has 1 heterocycles. The Balaban J connectivity index is 2.40. The molecule has 1 unspecified atom stereocenters. The van der Waals surface area contributed by atoms with Gasteiger partial charge in [-0.15, -0.1) is 0 Å². The van der Waals surface area contributed by atoms with E-state index < -0.39 is 0 Å². The van der Waals surface area contributed by atoms with Crippen LogP contribution in [0, 0.1) is 0 Å². The number of nitrogens with zero attached hydrogens (tertiary/aromatic N) is 1. The molecule has 3 heteroatoms. The molecule has 0 saturated heterocycles. The van der Waals surface area contributed by atoms with Crippen LogP contribution < -0.4 is 10.2 Å². The van der Waals surface area contributed by atoms with Crippen molar-refractivity contribution in [2.45, 2.75) is 19.8 Å². The minimum atomic E-state index is 0.673. The van der Waals surface area contributed by atoms with Crippen molar-refractivity contribution in [2.24, 2.45) is 0 Å². The summed E-state index contributed by atoms with van der Waals surface area (Å²) < 4.78 is 5.07. The van der Waals surface area contributed by atoms with Crippen LogP contribution in [0.2, 0.25) is 0 Å². The molecule has 1 aromatic rings. The van der Waals surface area contributed by atoms with Crippen LogP contribution in [0.5, 0.6) is 5.88 Å². The standard InChI is InChI=1S/C11H14NOP/c1-7(8-3-4-8)9-5-6-10(13-2)12-11(9)14/h5-6H,3-4,14H2,1-2H3. The molecule has 1 aromatic heterocycles. The van der Waals surface area contributed by atoms with E-state index in [1.54, 1.807) is 12.7 Å². The van der Waals surface area contributed by atoms with Gasteiger partial charge in [0.1, 0.15) is 0 Å². The maximum Gasteiger partial charge on any atom is 0.213 e. The lowest BCUT2D eigenvalue weighted by molar-refractivity contribution is 0.399. The summed E-state index contributed by atoms with van der Waals surface area (Å²) in [6.45, 7) is 2.17. The van der Waals surface area contributed by atoms with E-state index in [1.807, 2.05) is 6.07 Å². The molecule has 0 radical (unpaired) electrons. The Morgan fingerprint density at radius 1 is 1.43 bits per heavy atom. The van der Waals surface area contributed by atoms with Gasteiger partial charge in [-0.1, -0.05) is 14.8 Å². The molecule has 1 atom stereocenters. The van der Waals surface area contributed by atoms with Gasteiger partial charge in [0.15, 0.2) is 0 Å². The van der Waals surface area contributed by atoms with Crippen LogP contribution in [0.1, 0.15) is 25.3 Å². The summed E-state index contributed by atoms with van der Waals surface area (Å²) >= 11 is 0. The molecule has 1 aliphatic carbocycles. The minimum absolute atomic E-state index is 0.673. The second-order valence-electron chi connectivity index (χ2n) is 3.51. The lowest BCUT2D eigenvalue weighted by Gasteiger charge is -2.06.